The first-order valence-corrected chi connectivity index (χ1v) is 6.17. The molecule has 0 aromatic carbocycles. The predicted molar refractivity (Wildman–Crippen MR) is 65.7 cm³/mol. The molecule has 3 rings (SSSR count). The Labute approximate surface area is 96.0 Å². The van der Waals surface area contributed by atoms with Crippen LogP contribution in [-0.2, 0) is 0 Å². The van der Waals surface area contributed by atoms with Gasteiger partial charge in [0.2, 0.25) is 0 Å². The van der Waals surface area contributed by atoms with E-state index in [2.05, 4.69) is 15.3 Å². The van der Waals surface area contributed by atoms with Crippen LogP contribution in [0.15, 0.2) is 23.5 Å². The van der Waals surface area contributed by atoms with Crippen molar-refractivity contribution in [2.75, 3.05) is 5.32 Å². The van der Waals surface area contributed by atoms with E-state index < -0.39 is 0 Å². The van der Waals surface area contributed by atoms with E-state index in [4.69, 9.17) is 0 Å². The van der Waals surface area contributed by atoms with Crippen LogP contribution in [0.1, 0.15) is 43.7 Å². The number of rotatable bonds is 1. The quantitative estimate of drug-likeness (QED) is 0.781. The van der Waals surface area contributed by atoms with Crippen molar-refractivity contribution in [3.05, 3.63) is 24.0 Å². The first-order valence-electron chi connectivity index (χ1n) is 6.17. The van der Waals surface area contributed by atoms with Crippen molar-refractivity contribution < 1.29 is 0 Å². The normalized spacial score (nSPS) is 24.9. The third-order valence-corrected chi connectivity index (χ3v) is 3.72. The number of aromatic nitrogens is 1. The molecule has 1 atom stereocenters. The van der Waals surface area contributed by atoms with Crippen molar-refractivity contribution in [3.8, 4) is 0 Å². The molecule has 2 heterocycles. The van der Waals surface area contributed by atoms with Crippen molar-refractivity contribution >= 4 is 12.0 Å². The van der Waals surface area contributed by atoms with Crippen LogP contribution < -0.4 is 5.32 Å². The summed E-state index contributed by atoms with van der Waals surface area (Å²) < 4.78 is 0. The Morgan fingerprint density at radius 3 is 2.94 bits per heavy atom. The van der Waals surface area contributed by atoms with E-state index >= 15 is 0 Å². The number of fused-ring (bicyclic) bond motifs is 1. The third-order valence-electron chi connectivity index (χ3n) is 3.72. The third kappa shape index (κ3) is 1.70. The van der Waals surface area contributed by atoms with Gasteiger partial charge in [0.1, 0.15) is 0 Å². The van der Waals surface area contributed by atoms with Crippen LogP contribution in [-0.4, -0.2) is 11.3 Å². The van der Waals surface area contributed by atoms with Gasteiger partial charge in [0, 0.05) is 23.6 Å². The fraction of sp³-hybridized carbons (Fsp3) is 0.538. The Bertz CT molecular complexity index is 394. The molecule has 0 saturated heterocycles. The molecule has 0 amide bonds. The van der Waals surface area contributed by atoms with E-state index in [1.165, 1.54) is 43.4 Å². The summed E-state index contributed by atoms with van der Waals surface area (Å²) >= 11 is 0. The molecule has 0 radical (unpaired) electrons. The highest BCUT2D eigenvalue weighted by Gasteiger charge is 2.27. The Morgan fingerprint density at radius 2 is 2.06 bits per heavy atom. The summed E-state index contributed by atoms with van der Waals surface area (Å²) in [5, 5.41) is 3.20. The molecule has 1 aliphatic carbocycles. The van der Waals surface area contributed by atoms with Gasteiger partial charge in [-0.2, -0.15) is 0 Å². The number of aliphatic imine (C=N–C) groups is 1. The van der Waals surface area contributed by atoms with E-state index in [-0.39, 0.29) is 0 Å². The molecule has 2 aliphatic rings. The summed E-state index contributed by atoms with van der Waals surface area (Å²) in [5.74, 6) is 0.718. The van der Waals surface area contributed by atoms with E-state index in [9.17, 15) is 0 Å². The molecular formula is C13H17N3. The summed E-state index contributed by atoms with van der Waals surface area (Å²) in [6, 6.07) is 2.38. The van der Waals surface area contributed by atoms with Gasteiger partial charge < -0.3 is 5.32 Å². The predicted octanol–water partition coefficient (Wildman–Crippen LogP) is 3.16. The summed E-state index contributed by atoms with van der Waals surface area (Å²) in [5.41, 5.74) is 2.46. The number of nitrogens with zero attached hydrogens (tertiary/aromatic N) is 2. The number of pyridine rings is 1. The number of hydrogen-bond donors (Lipinski definition) is 1. The maximum atomic E-state index is 4.62. The standard InChI is InChI=1S/C13H17N3/c1-2-4-10(5-3-1)13-11-8-14-7-6-12(11)15-9-16-13/h6-10,13H,1-5H2,(H,15,16). The Morgan fingerprint density at radius 1 is 1.19 bits per heavy atom. The van der Waals surface area contributed by atoms with Crippen molar-refractivity contribution in [2.24, 2.45) is 10.9 Å². The first-order chi connectivity index (χ1) is 7.95. The lowest BCUT2D eigenvalue weighted by Crippen LogP contribution is -2.20. The largest absolute Gasteiger partial charge is 0.346 e. The van der Waals surface area contributed by atoms with Crippen molar-refractivity contribution in [2.45, 2.75) is 38.1 Å². The molecule has 1 unspecified atom stereocenters. The van der Waals surface area contributed by atoms with Gasteiger partial charge in [-0.1, -0.05) is 19.3 Å². The lowest BCUT2D eigenvalue weighted by atomic mass is 9.81. The van der Waals surface area contributed by atoms with Gasteiger partial charge in [-0.3, -0.25) is 9.98 Å². The van der Waals surface area contributed by atoms with Gasteiger partial charge in [-0.05, 0) is 24.8 Å². The molecule has 84 valence electrons. The molecule has 3 heteroatoms. The van der Waals surface area contributed by atoms with Crippen LogP contribution >= 0.6 is 0 Å². The molecule has 1 N–H and O–H groups in total. The minimum atomic E-state index is 0.338. The summed E-state index contributed by atoms with van der Waals surface area (Å²) in [6.45, 7) is 0. The van der Waals surface area contributed by atoms with Gasteiger partial charge in [0.15, 0.2) is 0 Å². The number of nitrogens with one attached hydrogen (secondary N) is 1. The molecule has 0 bridgehead atoms. The lowest BCUT2D eigenvalue weighted by Gasteiger charge is -2.30. The highest BCUT2D eigenvalue weighted by molar-refractivity contribution is 5.80. The van der Waals surface area contributed by atoms with Gasteiger partial charge in [0.05, 0.1) is 12.4 Å². The Balaban J connectivity index is 1.89. The molecular weight excluding hydrogens is 198 g/mol. The second-order valence-corrected chi connectivity index (χ2v) is 4.73. The van der Waals surface area contributed by atoms with Crippen molar-refractivity contribution in [3.63, 3.8) is 0 Å². The number of hydrogen-bond acceptors (Lipinski definition) is 3. The van der Waals surface area contributed by atoms with E-state index in [0.717, 1.165) is 5.92 Å². The zero-order valence-electron chi connectivity index (χ0n) is 9.39. The van der Waals surface area contributed by atoms with Crippen molar-refractivity contribution in [1.29, 1.82) is 0 Å². The van der Waals surface area contributed by atoms with Crippen molar-refractivity contribution in [1.82, 2.24) is 4.98 Å². The van der Waals surface area contributed by atoms with Crippen LogP contribution in [0, 0.1) is 5.92 Å². The molecule has 1 saturated carbocycles. The van der Waals surface area contributed by atoms with E-state index in [0.29, 0.717) is 6.04 Å². The van der Waals surface area contributed by atoms with Crippen LogP contribution in [0.5, 0.6) is 0 Å². The minimum absolute atomic E-state index is 0.338. The zero-order valence-corrected chi connectivity index (χ0v) is 9.39. The number of anilines is 1. The van der Waals surface area contributed by atoms with Crippen LogP contribution in [0.2, 0.25) is 0 Å². The first kappa shape index (κ1) is 9.82. The fourth-order valence-electron chi connectivity index (χ4n) is 2.87. The molecule has 16 heavy (non-hydrogen) atoms. The average molecular weight is 215 g/mol. The fourth-order valence-corrected chi connectivity index (χ4v) is 2.87. The maximum Gasteiger partial charge on any atom is 0.0875 e. The molecule has 1 aromatic rings. The average Bonchev–Trinajstić information content (AvgIpc) is 2.39. The second kappa shape index (κ2) is 4.24. The highest BCUT2D eigenvalue weighted by Crippen LogP contribution is 2.40. The maximum absolute atomic E-state index is 4.62. The molecule has 1 aliphatic heterocycles. The van der Waals surface area contributed by atoms with Crippen LogP contribution in [0.25, 0.3) is 0 Å². The Kier molecular flexibility index (Phi) is 2.60. The van der Waals surface area contributed by atoms with Gasteiger partial charge in [-0.15, -0.1) is 0 Å². The monoisotopic (exact) mass is 215 g/mol. The molecule has 1 aromatic heterocycles. The second-order valence-electron chi connectivity index (χ2n) is 4.73. The zero-order chi connectivity index (χ0) is 10.8. The van der Waals surface area contributed by atoms with Gasteiger partial charge >= 0.3 is 0 Å². The SMILES string of the molecule is C1=NC(C2CCCCC2)c2cnccc2N1. The van der Waals surface area contributed by atoms with Crippen LogP contribution in [0.3, 0.4) is 0 Å². The van der Waals surface area contributed by atoms with E-state index in [1.54, 1.807) is 0 Å². The topological polar surface area (TPSA) is 37.3 Å². The summed E-state index contributed by atoms with van der Waals surface area (Å²) in [4.78, 5) is 8.85. The van der Waals surface area contributed by atoms with Gasteiger partial charge in [-0.25, -0.2) is 0 Å². The summed E-state index contributed by atoms with van der Waals surface area (Å²) in [6.07, 6.45) is 12.4. The Hall–Kier alpha value is -1.38. The van der Waals surface area contributed by atoms with Crippen LogP contribution in [0.4, 0.5) is 5.69 Å². The smallest absolute Gasteiger partial charge is 0.0875 e. The summed E-state index contributed by atoms with van der Waals surface area (Å²) in [7, 11) is 0. The molecule has 3 nitrogen and oxygen atoms in total. The minimum Gasteiger partial charge on any atom is -0.346 e. The highest BCUT2D eigenvalue weighted by atomic mass is 15.0. The molecule has 0 spiro atoms. The van der Waals surface area contributed by atoms with Gasteiger partial charge in [0.25, 0.3) is 0 Å². The van der Waals surface area contributed by atoms with E-state index in [1.807, 2.05) is 24.8 Å². The lowest BCUT2D eigenvalue weighted by molar-refractivity contribution is 0.309. The molecule has 1 fully saturated rings.